The van der Waals surface area contributed by atoms with Crippen LogP contribution in [0.1, 0.15) is 71.1 Å². The SMILES string of the molecule is CCNC(=NCC1(N2CCOCC2)CCCCC1)NCCNC(=O)C1CCCCC1. The van der Waals surface area contributed by atoms with Gasteiger partial charge in [0.25, 0.3) is 0 Å². The Morgan fingerprint density at radius 3 is 2.33 bits per heavy atom. The van der Waals surface area contributed by atoms with E-state index >= 15 is 0 Å². The molecule has 1 heterocycles. The average molecular weight is 422 g/mol. The summed E-state index contributed by atoms with van der Waals surface area (Å²) in [6, 6.07) is 0. The van der Waals surface area contributed by atoms with Gasteiger partial charge in [-0.15, -0.1) is 0 Å². The number of aliphatic imine (C=N–C) groups is 1. The molecular weight excluding hydrogens is 378 g/mol. The number of ether oxygens (including phenoxy) is 1. The van der Waals surface area contributed by atoms with E-state index in [1.54, 1.807) is 0 Å². The minimum atomic E-state index is 0.180. The second kappa shape index (κ2) is 12.5. The molecule has 0 bridgehead atoms. The number of guanidine groups is 1. The summed E-state index contributed by atoms with van der Waals surface area (Å²) < 4.78 is 5.59. The lowest BCUT2D eigenvalue weighted by Gasteiger charge is -2.47. The zero-order valence-electron chi connectivity index (χ0n) is 19.0. The first-order valence-corrected chi connectivity index (χ1v) is 12.4. The summed E-state index contributed by atoms with van der Waals surface area (Å²) >= 11 is 0. The molecule has 0 spiro atoms. The molecule has 172 valence electrons. The molecule has 3 aliphatic rings. The van der Waals surface area contributed by atoms with Crippen molar-refractivity contribution in [1.82, 2.24) is 20.9 Å². The first-order chi connectivity index (χ1) is 14.7. The third kappa shape index (κ3) is 6.84. The average Bonchev–Trinajstić information content (AvgIpc) is 2.81. The van der Waals surface area contributed by atoms with Crippen LogP contribution >= 0.6 is 0 Å². The molecule has 0 unspecified atom stereocenters. The fourth-order valence-electron chi connectivity index (χ4n) is 5.27. The van der Waals surface area contributed by atoms with E-state index in [0.717, 1.165) is 58.2 Å². The number of carbonyl (C=O) groups is 1. The van der Waals surface area contributed by atoms with Crippen LogP contribution in [0.25, 0.3) is 0 Å². The molecule has 1 aliphatic heterocycles. The molecule has 1 amide bonds. The maximum absolute atomic E-state index is 12.3. The third-order valence-corrected chi connectivity index (χ3v) is 7.03. The second-order valence-corrected chi connectivity index (χ2v) is 9.13. The molecule has 0 aromatic carbocycles. The van der Waals surface area contributed by atoms with Gasteiger partial charge in [0.2, 0.25) is 5.91 Å². The summed E-state index contributed by atoms with van der Waals surface area (Å²) in [5.74, 6) is 1.31. The lowest BCUT2D eigenvalue weighted by atomic mass is 9.80. The van der Waals surface area contributed by atoms with Crippen molar-refractivity contribution in [2.75, 3.05) is 52.5 Å². The number of hydrogen-bond donors (Lipinski definition) is 3. The highest BCUT2D eigenvalue weighted by molar-refractivity contribution is 5.80. The van der Waals surface area contributed by atoms with E-state index in [0.29, 0.717) is 13.1 Å². The van der Waals surface area contributed by atoms with Crippen LogP contribution in [0.2, 0.25) is 0 Å². The molecule has 30 heavy (non-hydrogen) atoms. The summed E-state index contributed by atoms with van der Waals surface area (Å²) in [5.41, 5.74) is 0.180. The van der Waals surface area contributed by atoms with E-state index in [4.69, 9.17) is 9.73 Å². The fraction of sp³-hybridized carbons (Fsp3) is 0.913. The predicted octanol–water partition coefficient (Wildman–Crippen LogP) is 2.27. The number of hydrogen-bond acceptors (Lipinski definition) is 4. The van der Waals surface area contributed by atoms with E-state index in [1.165, 1.54) is 51.4 Å². The summed E-state index contributed by atoms with van der Waals surface area (Å²) in [6.45, 7) is 8.83. The van der Waals surface area contributed by atoms with E-state index < -0.39 is 0 Å². The first-order valence-electron chi connectivity index (χ1n) is 12.4. The summed E-state index contributed by atoms with van der Waals surface area (Å²) in [7, 11) is 0. The highest BCUT2D eigenvalue weighted by Crippen LogP contribution is 2.34. The quantitative estimate of drug-likeness (QED) is 0.318. The molecular formula is C23H43N5O2. The predicted molar refractivity (Wildman–Crippen MR) is 122 cm³/mol. The highest BCUT2D eigenvalue weighted by atomic mass is 16.5. The van der Waals surface area contributed by atoms with Crippen LogP contribution in [0.4, 0.5) is 0 Å². The number of morpholine rings is 1. The van der Waals surface area contributed by atoms with Crippen molar-refractivity contribution in [3.63, 3.8) is 0 Å². The van der Waals surface area contributed by atoms with Crippen molar-refractivity contribution in [2.24, 2.45) is 10.9 Å². The standard InChI is InChI=1S/C23H43N5O2/c1-2-24-22(26-14-13-25-21(29)20-9-5-3-6-10-20)27-19-23(11-7-4-8-12-23)28-15-17-30-18-16-28/h20H,2-19H2,1H3,(H,25,29)(H2,24,26,27). The van der Waals surface area contributed by atoms with Crippen LogP contribution in [0, 0.1) is 5.92 Å². The smallest absolute Gasteiger partial charge is 0.223 e. The van der Waals surface area contributed by atoms with E-state index in [9.17, 15) is 4.79 Å². The molecule has 3 N–H and O–H groups in total. The van der Waals surface area contributed by atoms with Crippen molar-refractivity contribution in [3.05, 3.63) is 0 Å². The maximum Gasteiger partial charge on any atom is 0.223 e. The molecule has 0 atom stereocenters. The molecule has 7 nitrogen and oxygen atoms in total. The van der Waals surface area contributed by atoms with Gasteiger partial charge in [-0.2, -0.15) is 0 Å². The van der Waals surface area contributed by atoms with Crippen molar-refractivity contribution < 1.29 is 9.53 Å². The Morgan fingerprint density at radius 1 is 0.967 bits per heavy atom. The van der Waals surface area contributed by atoms with Gasteiger partial charge < -0.3 is 20.7 Å². The van der Waals surface area contributed by atoms with Gasteiger partial charge in [0.05, 0.1) is 19.8 Å². The van der Waals surface area contributed by atoms with Crippen molar-refractivity contribution in [2.45, 2.75) is 76.7 Å². The van der Waals surface area contributed by atoms with Gasteiger partial charge in [-0.25, -0.2) is 0 Å². The lowest BCUT2D eigenvalue weighted by molar-refractivity contribution is -0.125. The zero-order chi connectivity index (χ0) is 21.1. The number of amides is 1. The van der Waals surface area contributed by atoms with Crippen LogP contribution in [-0.4, -0.2) is 74.8 Å². The van der Waals surface area contributed by atoms with Gasteiger partial charge in [0.15, 0.2) is 5.96 Å². The Kier molecular flexibility index (Phi) is 9.72. The van der Waals surface area contributed by atoms with Crippen LogP contribution in [-0.2, 0) is 9.53 Å². The highest BCUT2D eigenvalue weighted by Gasteiger charge is 2.38. The zero-order valence-corrected chi connectivity index (χ0v) is 19.0. The topological polar surface area (TPSA) is 78.0 Å². The number of rotatable bonds is 8. The van der Waals surface area contributed by atoms with Crippen molar-refractivity contribution >= 4 is 11.9 Å². The number of carbonyl (C=O) groups excluding carboxylic acids is 1. The minimum absolute atomic E-state index is 0.180. The van der Waals surface area contributed by atoms with Gasteiger partial charge in [0.1, 0.15) is 0 Å². The van der Waals surface area contributed by atoms with E-state index in [1.807, 2.05) is 0 Å². The molecule has 3 fully saturated rings. The third-order valence-electron chi connectivity index (χ3n) is 7.03. The van der Waals surface area contributed by atoms with Gasteiger partial charge >= 0.3 is 0 Å². The first kappa shape index (κ1) is 23.3. The van der Waals surface area contributed by atoms with Crippen LogP contribution in [0.5, 0.6) is 0 Å². The Morgan fingerprint density at radius 2 is 1.63 bits per heavy atom. The molecule has 0 radical (unpaired) electrons. The number of nitrogens with one attached hydrogen (secondary N) is 3. The monoisotopic (exact) mass is 421 g/mol. The fourth-order valence-corrected chi connectivity index (χ4v) is 5.27. The number of nitrogens with zero attached hydrogens (tertiary/aromatic N) is 2. The maximum atomic E-state index is 12.3. The Labute approximate surface area is 182 Å². The molecule has 2 aliphatic carbocycles. The van der Waals surface area contributed by atoms with Gasteiger partial charge in [-0.3, -0.25) is 14.7 Å². The molecule has 2 saturated carbocycles. The van der Waals surface area contributed by atoms with Crippen LogP contribution < -0.4 is 16.0 Å². The molecule has 0 aromatic heterocycles. The molecule has 1 saturated heterocycles. The molecule has 3 rings (SSSR count). The van der Waals surface area contributed by atoms with Gasteiger partial charge in [-0.1, -0.05) is 38.5 Å². The van der Waals surface area contributed by atoms with Gasteiger partial charge in [0, 0.05) is 44.2 Å². The van der Waals surface area contributed by atoms with E-state index in [2.05, 4.69) is 27.8 Å². The summed E-state index contributed by atoms with van der Waals surface area (Å²) in [6.07, 6.45) is 12.2. The molecule has 0 aromatic rings. The lowest BCUT2D eigenvalue weighted by Crippen LogP contribution is -2.56. The van der Waals surface area contributed by atoms with Crippen LogP contribution in [0.15, 0.2) is 4.99 Å². The summed E-state index contributed by atoms with van der Waals surface area (Å²) in [5, 5.41) is 9.90. The van der Waals surface area contributed by atoms with E-state index in [-0.39, 0.29) is 17.4 Å². The summed E-state index contributed by atoms with van der Waals surface area (Å²) in [4.78, 5) is 19.9. The second-order valence-electron chi connectivity index (χ2n) is 9.13. The Hall–Kier alpha value is -1.34. The van der Waals surface area contributed by atoms with Crippen LogP contribution in [0.3, 0.4) is 0 Å². The van der Waals surface area contributed by atoms with Gasteiger partial charge in [-0.05, 0) is 32.6 Å². The minimum Gasteiger partial charge on any atom is -0.379 e. The largest absolute Gasteiger partial charge is 0.379 e. The Bertz CT molecular complexity index is 536. The van der Waals surface area contributed by atoms with Crippen molar-refractivity contribution in [3.8, 4) is 0 Å². The molecule has 7 heteroatoms. The Balaban J connectivity index is 1.48. The normalized spacial score (nSPS) is 23.7. The van der Waals surface area contributed by atoms with Crippen molar-refractivity contribution in [1.29, 1.82) is 0 Å².